The Bertz CT molecular complexity index is 792. The summed E-state index contributed by atoms with van der Waals surface area (Å²) in [5.41, 5.74) is 4.39. The van der Waals surface area contributed by atoms with Crippen molar-refractivity contribution in [3.8, 4) is 0 Å². The van der Waals surface area contributed by atoms with Crippen LogP contribution in [0.5, 0.6) is 0 Å². The summed E-state index contributed by atoms with van der Waals surface area (Å²) in [6.07, 6.45) is 0. The number of para-hydroxylation sites is 2. The maximum absolute atomic E-state index is 3.81. The largest absolute Gasteiger partial charge is 0.356 e. The van der Waals surface area contributed by atoms with Crippen molar-refractivity contribution < 1.29 is 0 Å². The van der Waals surface area contributed by atoms with Crippen molar-refractivity contribution in [2.24, 2.45) is 0 Å². The minimum Gasteiger partial charge on any atom is -0.356 e. The molecule has 0 unspecified atom stereocenters. The summed E-state index contributed by atoms with van der Waals surface area (Å²) < 4.78 is -0.460. The Kier molecular flexibility index (Phi) is 2.98. The fourth-order valence-corrected chi connectivity index (χ4v) is 3.48. The molecule has 0 aliphatic carbocycles. The van der Waals surface area contributed by atoms with Gasteiger partial charge in [-0.05, 0) is 35.0 Å². The van der Waals surface area contributed by atoms with Gasteiger partial charge in [0.25, 0.3) is 0 Å². The van der Waals surface area contributed by atoms with Crippen molar-refractivity contribution in [3.05, 3.63) is 72.1 Å². The lowest BCUT2D eigenvalue weighted by Crippen LogP contribution is -2.11. The van der Waals surface area contributed by atoms with E-state index in [2.05, 4.69) is 78.2 Å². The lowest BCUT2D eigenvalue weighted by atomic mass is 10.2. The summed E-state index contributed by atoms with van der Waals surface area (Å²) >= 11 is 7.62. The van der Waals surface area contributed by atoms with Crippen LogP contribution in [0, 0.1) is 0 Å². The highest BCUT2D eigenvalue weighted by atomic mass is 79.9. The molecule has 0 saturated heterocycles. The number of nitrogens with one attached hydrogen (secondary N) is 2. The van der Waals surface area contributed by atoms with Crippen molar-refractivity contribution in [2.45, 2.75) is 3.23 Å². The van der Waals surface area contributed by atoms with Crippen LogP contribution in [0.3, 0.4) is 0 Å². The van der Waals surface area contributed by atoms with Gasteiger partial charge in [0, 0.05) is 22.4 Å². The first-order valence-corrected chi connectivity index (χ1v) is 8.27. The van der Waals surface area contributed by atoms with E-state index in [-0.39, 0.29) is 0 Å². The van der Waals surface area contributed by atoms with Crippen molar-refractivity contribution in [1.29, 1.82) is 0 Å². The number of rotatable bonds is 2. The molecule has 4 rings (SSSR count). The average Bonchev–Trinajstić information content (AvgIpc) is 3.11. The van der Waals surface area contributed by atoms with Gasteiger partial charge in [-0.3, -0.25) is 0 Å². The van der Waals surface area contributed by atoms with Gasteiger partial charge in [-0.25, -0.2) is 0 Å². The Hall–Kier alpha value is -1.52. The molecule has 4 heteroatoms. The highest BCUT2D eigenvalue weighted by Gasteiger charge is 2.31. The molecule has 2 nitrogen and oxygen atoms in total. The second-order valence-electron chi connectivity index (χ2n) is 5.11. The highest BCUT2D eigenvalue weighted by Crippen LogP contribution is 2.45. The first-order chi connectivity index (χ1) is 10.1. The molecule has 2 heterocycles. The molecule has 0 bridgehead atoms. The predicted octanol–water partition coefficient (Wildman–Crippen LogP) is 5.64. The number of hydrogen-bond acceptors (Lipinski definition) is 0. The number of aromatic amines is 2. The Morgan fingerprint density at radius 2 is 1.10 bits per heavy atom. The van der Waals surface area contributed by atoms with Crippen LogP contribution in [0.4, 0.5) is 0 Å². The van der Waals surface area contributed by atoms with Crippen LogP contribution >= 0.6 is 31.9 Å². The first-order valence-electron chi connectivity index (χ1n) is 6.69. The average molecular weight is 404 g/mol. The number of hydrogen-bond donors (Lipinski definition) is 2. The number of benzene rings is 2. The Labute approximate surface area is 138 Å². The van der Waals surface area contributed by atoms with Gasteiger partial charge in [-0.2, -0.15) is 0 Å². The van der Waals surface area contributed by atoms with E-state index in [4.69, 9.17) is 0 Å². The summed E-state index contributed by atoms with van der Waals surface area (Å²) in [4.78, 5) is 6.93. The van der Waals surface area contributed by atoms with Gasteiger partial charge in [-0.15, -0.1) is 0 Å². The zero-order chi connectivity index (χ0) is 14.4. The predicted molar refractivity (Wildman–Crippen MR) is 95.2 cm³/mol. The first kappa shape index (κ1) is 13.2. The zero-order valence-corrected chi connectivity index (χ0v) is 14.2. The van der Waals surface area contributed by atoms with E-state index in [0.29, 0.717) is 0 Å². The summed E-state index contributed by atoms with van der Waals surface area (Å²) in [6.45, 7) is 0. The molecule has 0 radical (unpaired) electrons. The molecule has 21 heavy (non-hydrogen) atoms. The van der Waals surface area contributed by atoms with Gasteiger partial charge in [0.05, 0.1) is 0 Å². The Morgan fingerprint density at radius 1 is 0.667 bits per heavy atom. The second-order valence-corrected chi connectivity index (χ2v) is 8.56. The maximum Gasteiger partial charge on any atom is 0.159 e. The quantitative estimate of drug-likeness (QED) is 0.406. The van der Waals surface area contributed by atoms with Crippen LogP contribution < -0.4 is 0 Å². The SMILES string of the molecule is BrC(Br)(c1cc2ccccc2[nH]1)c1cc2ccccc2[nH]1. The van der Waals surface area contributed by atoms with E-state index >= 15 is 0 Å². The van der Waals surface area contributed by atoms with Crippen LogP contribution in [0.2, 0.25) is 0 Å². The number of aromatic nitrogens is 2. The van der Waals surface area contributed by atoms with Gasteiger partial charge in [0.2, 0.25) is 0 Å². The fourth-order valence-electron chi connectivity index (χ4n) is 2.63. The van der Waals surface area contributed by atoms with E-state index in [1.165, 1.54) is 10.8 Å². The topological polar surface area (TPSA) is 31.6 Å². The molecule has 104 valence electrons. The monoisotopic (exact) mass is 402 g/mol. The maximum atomic E-state index is 3.81. The zero-order valence-electron chi connectivity index (χ0n) is 11.0. The number of halogens is 2. The van der Waals surface area contributed by atoms with Gasteiger partial charge >= 0.3 is 0 Å². The molecule has 4 aromatic rings. The molecular formula is C17H12Br2N2. The minimum absolute atomic E-state index is 0.460. The molecule has 0 amide bonds. The van der Waals surface area contributed by atoms with Gasteiger partial charge in [0.15, 0.2) is 3.23 Å². The van der Waals surface area contributed by atoms with Crippen LogP contribution in [-0.2, 0) is 3.23 Å². The normalized spacial score (nSPS) is 12.3. The number of fused-ring (bicyclic) bond motifs is 2. The molecule has 0 spiro atoms. The van der Waals surface area contributed by atoms with Crippen LogP contribution in [0.15, 0.2) is 60.7 Å². The van der Waals surface area contributed by atoms with Crippen molar-refractivity contribution >= 4 is 53.7 Å². The van der Waals surface area contributed by atoms with Crippen LogP contribution in [0.1, 0.15) is 11.4 Å². The summed E-state index contributed by atoms with van der Waals surface area (Å²) in [6, 6.07) is 20.9. The lowest BCUT2D eigenvalue weighted by Gasteiger charge is -2.17. The fraction of sp³-hybridized carbons (Fsp3) is 0.0588. The molecule has 2 N–H and O–H groups in total. The van der Waals surface area contributed by atoms with Crippen molar-refractivity contribution in [3.63, 3.8) is 0 Å². The van der Waals surface area contributed by atoms with E-state index in [1.807, 2.05) is 24.3 Å². The molecule has 2 aromatic carbocycles. The molecule has 0 fully saturated rings. The second kappa shape index (κ2) is 4.75. The number of H-pyrrole nitrogens is 2. The third-order valence-electron chi connectivity index (χ3n) is 3.74. The molecule has 0 aliphatic rings. The standard InChI is InChI=1S/C17H12Br2N2/c18-17(19,15-9-11-5-1-3-7-13(11)20-15)16-10-12-6-2-4-8-14(12)21-16/h1-10,20-21H. The Morgan fingerprint density at radius 3 is 1.52 bits per heavy atom. The minimum atomic E-state index is -0.460. The van der Waals surface area contributed by atoms with E-state index in [9.17, 15) is 0 Å². The Balaban J connectivity index is 1.87. The summed E-state index contributed by atoms with van der Waals surface area (Å²) in [5, 5.41) is 2.40. The van der Waals surface area contributed by atoms with Crippen molar-refractivity contribution in [1.82, 2.24) is 9.97 Å². The summed E-state index contributed by atoms with van der Waals surface area (Å²) in [7, 11) is 0. The third-order valence-corrected chi connectivity index (χ3v) is 5.45. The molecule has 0 atom stereocenters. The summed E-state index contributed by atoms with van der Waals surface area (Å²) in [5.74, 6) is 0. The molecule has 0 aliphatic heterocycles. The molecular weight excluding hydrogens is 392 g/mol. The third kappa shape index (κ3) is 2.14. The van der Waals surface area contributed by atoms with Gasteiger partial charge in [0.1, 0.15) is 0 Å². The smallest absolute Gasteiger partial charge is 0.159 e. The lowest BCUT2D eigenvalue weighted by molar-refractivity contribution is 1.01. The van der Waals surface area contributed by atoms with Crippen LogP contribution in [-0.4, -0.2) is 9.97 Å². The molecule has 2 aromatic heterocycles. The number of alkyl halides is 2. The van der Waals surface area contributed by atoms with E-state index in [0.717, 1.165) is 22.4 Å². The van der Waals surface area contributed by atoms with E-state index < -0.39 is 3.23 Å². The highest BCUT2D eigenvalue weighted by molar-refractivity contribution is 9.25. The van der Waals surface area contributed by atoms with E-state index in [1.54, 1.807) is 0 Å². The molecule has 0 saturated carbocycles. The van der Waals surface area contributed by atoms with Crippen molar-refractivity contribution in [2.75, 3.05) is 0 Å². The van der Waals surface area contributed by atoms with Gasteiger partial charge < -0.3 is 9.97 Å². The van der Waals surface area contributed by atoms with Crippen LogP contribution in [0.25, 0.3) is 21.8 Å². The van der Waals surface area contributed by atoms with Gasteiger partial charge in [-0.1, -0.05) is 68.3 Å².